The van der Waals surface area contributed by atoms with E-state index in [4.69, 9.17) is 5.73 Å². The number of aromatic nitrogens is 1. The van der Waals surface area contributed by atoms with Crippen LogP contribution in [0.2, 0.25) is 0 Å². The first kappa shape index (κ1) is 10.9. The second-order valence-corrected chi connectivity index (χ2v) is 3.51. The summed E-state index contributed by atoms with van der Waals surface area (Å²) in [5, 5.41) is 0.213. The van der Waals surface area contributed by atoms with Crippen LogP contribution in [0.15, 0.2) is 12.1 Å². The Hall–Kier alpha value is -1.62. The second kappa shape index (κ2) is 3.75. The molecule has 0 aliphatic carbocycles. The first-order valence-corrected chi connectivity index (χ1v) is 4.68. The van der Waals surface area contributed by atoms with Gasteiger partial charge in [-0.1, -0.05) is 0 Å². The molecule has 5 heteroatoms. The molecule has 0 unspecified atom stereocenters. The van der Waals surface area contributed by atoms with Gasteiger partial charge in [0.05, 0.1) is 0 Å². The highest BCUT2D eigenvalue weighted by Crippen LogP contribution is 2.24. The molecule has 0 saturated heterocycles. The molecule has 16 heavy (non-hydrogen) atoms. The first-order valence-electron chi connectivity index (χ1n) is 4.68. The van der Waals surface area contributed by atoms with Gasteiger partial charge in [0.2, 0.25) is 0 Å². The molecule has 1 aromatic carbocycles. The summed E-state index contributed by atoms with van der Waals surface area (Å²) in [5.41, 5.74) is 6.33. The molecular formula is C11H9F3N2. The number of rotatable bonds is 1. The minimum absolute atomic E-state index is 0.115. The van der Waals surface area contributed by atoms with E-state index in [2.05, 4.69) is 4.98 Å². The first-order chi connectivity index (χ1) is 7.54. The topological polar surface area (TPSA) is 38.9 Å². The largest absolute Gasteiger partial charge is 0.326 e. The Labute approximate surface area is 89.9 Å². The molecule has 2 aromatic rings. The quantitative estimate of drug-likeness (QED) is 0.758. The third kappa shape index (κ3) is 1.53. The van der Waals surface area contributed by atoms with E-state index in [1.165, 1.54) is 0 Å². The van der Waals surface area contributed by atoms with Crippen LogP contribution in [0.3, 0.4) is 0 Å². The van der Waals surface area contributed by atoms with Gasteiger partial charge in [-0.3, -0.25) is 0 Å². The van der Waals surface area contributed by atoms with E-state index in [0.717, 1.165) is 6.07 Å². The van der Waals surface area contributed by atoms with Gasteiger partial charge in [0.15, 0.2) is 17.5 Å². The normalized spacial score (nSPS) is 11.1. The number of aryl methyl sites for hydroxylation is 1. The van der Waals surface area contributed by atoms with Crippen molar-refractivity contribution >= 4 is 10.9 Å². The molecule has 0 saturated carbocycles. The summed E-state index contributed by atoms with van der Waals surface area (Å²) in [7, 11) is 0. The van der Waals surface area contributed by atoms with E-state index in [1.807, 2.05) is 0 Å². The van der Waals surface area contributed by atoms with Crippen molar-refractivity contribution in [1.29, 1.82) is 0 Å². The minimum Gasteiger partial charge on any atom is -0.326 e. The molecule has 2 nitrogen and oxygen atoms in total. The van der Waals surface area contributed by atoms with Gasteiger partial charge in [-0.15, -0.1) is 0 Å². The zero-order valence-electron chi connectivity index (χ0n) is 8.52. The second-order valence-electron chi connectivity index (χ2n) is 3.51. The van der Waals surface area contributed by atoms with Crippen molar-refractivity contribution in [3.8, 4) is 0 Å². The summed E-state index contributed by atoms with van der Waals surface area (Å²) in [6.07, 6.45) is 0. The molecule has 0 bridgehead atoms. The number of nitrogens with zero attached hydrogens (tertiary/aromatic N) is 1. The van der Waals surface area contributed by atoms with Crippen LogP contribution in [0.1, 0.15) is 11.3 Å². The molecule has 0 amide bonds. The lowest BCUT2D eigenvalue weighted by atomic mass is 10.1. The van der Waals surface area contributed by atoms with E-state index in [0.29, 0.717) is 11.3 Å². The summed E-state index contributed by atoms with van der Waals surface area (Å²) < 4.78 is 39.5. The SMILES string of the molecule is Cc1cc(CN)c2cc(F)c(F)c(F)c2n1. The van der Waals surface area contributed by atoms with Crippen molar-refractivity contribution in [2.75, 3.05) is 0 Å². The smallest absolute Gasteiger partial charge is 0.196 e. The fourth-order valence-corrected chi connectivity index (χ4v) is 1.65. The van der Waals surface area contributed by atoms with E-state index in [-0.39, 0.29) is 17.4 Å². The molecule has 2 N–H and O–H groups in total. The van der Waals surface area contributed by atoms with Crippen LogP contribution in [-0.2, 0) is 6.54 Å². The molecule has 0 atom stereocenters. The predicted octanol–water partition coefficient (Wildman–Crippen LogP) is 2.42. The lowest BCUT2D eigenvalue weighted by molar-refractivity contribution is 0.452. The Morgan fingerprint density at radius 2 is 1.88 bits per heavy atom. The maximum absolute atomic E-state index is 13.4. The number of benzene rings is 1. The maximum Gasteiger partial charge on any atom is 0.196 e. The van der Waals surface area contributed by atoms with Gasteiger partial charge >= 0.3 is 0 Å². The summed E-state index contributed by atoms with van der Waals surface area (Å²) in [5.74, 6) is -4.01. The van der Waals surface area contributed by atoms with Crippen LogP contribution in [-0.4, -0.2) is 4.98 Å². The average Bonchev–Trinajstić information content (AvgIpc) is 2.26. The Balaban J connectivity index is 2.94. The monoisotopic (exact) mass is 226 g/mol. The standard InChI is InChI=1S/C11H9F3N2/c1-5-2-6(4-15)7-3-8(12)9(13)10(14)11(7)16-5/h2-3H,4,15H2,1H3. The molecule has 84 valence electrons. The summed E-state index contributed by atoms with van der Waals surface area (Å²) in [4.78, 5) is 3.85. The van der Waals surface area contributed by atoms with Crippen LogP contribution in [0.4, 0.5) is 13.2 Å². The van der Waals surface area contributed by atoms with Gasteiger partial charge in [-0.05, 0) is 24.6 Å². The number of nitrogens with two attached hydrogens (primary N) is 1. The summed E-state index contributed by atoms with van der Waals surface area (Å²) in [6, 6.07) is 2.54. The zero-order chi connectivity index (χ0) is 11.9. The van der Waals surface area contributed by atoms with Gasteiger partial charge in [-0.2, -0.15) is 0 Å². The highest BCUT2D eigenvalue weighted by molar-refractivity contribution is 5.83. The molecule has 0 fully saturated rings. The predicted molar refractivity (Wildman–Crippen MR) is 54.2 cm³/mol. The van der Waals surface area contributed by atoms with Gasteiger partial charge in [0.1, 0.15) is 5.52 Å². The zero-order valence-corrected chi connectivity index (χ0v) is 8.52. The highest BCUT2D eigenvalue weighted by atomic mass is 19.2. The third-order valence-electron chi connectivity index (χ3n) is 2.37. The van der Waals surface area contributed by atoms with E-state index >= 15 is 0 Å². The number of halogens is 3. The Morgan fingerprint density at radius 3 is 2.50 bits per heavy atom. The van der Waals surface area contributed by atoms with E-state index in [1.54, 1.807) is 13.0 Å². The molecular weight excluding hydrogens is 217 g/mol. The third-order valence-corrected chi connectivity index (χ3v) is 2.37. The average molecular weight is 226 g/mol. The van der Waals surface area contributed by atoms with Crippen molar-refractivity contribution in [3.63, 3.8) is 0 Å². The summed E-state index contributed by atoms with van der Waals surface area (Å²) in [6.45, 7) is 1.75. The summed E-state index contributed by atoms with van der Waals surface area (Å²) >= 11 is 0. The molecule has 1 heterocycles. The Bertz CT molecular complexity index is 567. The molecule has 0 radical (unpaired) electrons. The van der Waals surface area contributed by atoms with Crippen molar-refractivity contribution in [2.24, 2.45) is 5.73 Å². The van der Waals surface area contributed by atoms with Crippen LogP contribution >= 0.6 is 0 Å². The maximum atomic E-state index is 13.4. The van der Waals surface area contributed by atoms with E-state index < -0.39 is 17.5 Å². The Kier molecular flexibility index (Phi) is 2.55. The lowest BCUT2D eigenvalue weighted by Crippen LogP contribution is -2.03. The molecule has 0 aliphatic heterocycles. The van der Waals surface area contributed by atoms with Crippen LogP contribution in [0.5, 0.6) is 0 Å². The molecule has 0 spiro atoms. The Morgan fingerprint density at radius 1 is 1.19 bits per heavy atom. The van der Waals surface area contributed by atoms with Gasteiger partial charge in [0, 0.05) is 17.6 Å². The van der Waals surface area contributed by atoms with E-state index in [9.17, 15) is 13.2 Å². The van der Waals surface area contributed by atoms with Crippen LogP contribution in [0, 0.1) is 24.4 Å². The van der Waals surface area contributed by atoms with Gasteiger partial charge in [0.25, 0.3) is 0 Å². The number of fused-ring (bicyclic) bond motifs is 1. The fraction of sp³-hybridized carbons (Fsp3) is 0.182. The minimum atomic E-state index is -1.51. The van der Waals surface area contributed by atoms with Crippen molar-refractivity contribution in [1.82, 2.24) is 4.98 Å². The van der Waals surface area contributed by atoms with Crippen LogP contribution < -0.4 is 5.73 Å². The lowest BCUT2D eigenvalue weighted by Gasteiger charge is -2.07. The van der Waals surface area contributed by atoms with Gasteiger partial charge < -0.3 is 5.73 Å². The fourth-order valence-electron chi connectivity index (χ4n) is 1.65. The number of hydrogen-bond acceptors (Lipinski definition) is 2. The molecule has 1 aromatic heterocycles. The van der Waals surface area contributed by atoms with Crippen LogP contribution in [0.25, 0.3) is 10.9 Å². The van der Waals surface area contributed by atoms with Crippen molar-refractivity contribution < 1.29 is 13.2 Å². The van der Waals surface area contributed by atoms with Gasteiger partial charge in [-0.25, -0.2) is 18.2 Å². The van der Waals surface area contributed by atoms with Crippen molar-refractivity contribution in [2.45, 2.75) is 13.5 Å². The molecule has 0 aliphatic rings. The number of pyridine rings is 1. The highest BCUT2D eigenvalue weighted by Gasteiger charge is 2.16. The molecule has 2 rings (SSSR count). The number of hydrogen-bond donors (Lipinski definition) is 1. The van der Waals surface area contributed by atoms with Crippen molar-refractivity contribution in [3.05, 3.63) is 40.8 Å².